The van der Waals surface area contributed by atoms with Gasteiger partial charge in [0.2, 0.25) is 0 Å². The van der Waals surface area contributed by atoms with Crippen molar-refractivity contribution in [3.05, 3.63) is 53.1 Å². The Morgan fingerprint density at radius 2 is 2.03 bits per heavy atom. The quantitative estimate of drug-likeness (QED) is 0.333. The zero-order valence-electron chi connectivity index (χ0n) is 17.0. The fraction of sp³-hybridized carbons (Fsp3) is 0.316. The zero-order valence-corrected chi connectivity index (χ0v) is 18.6. The lowest BCUT2D eigenvalue weighted by atomic mass is 10.1. The average molecular weight is 477 g/mol. The van der Waals surface area contributed by atoms with Gasteiger partial charge in [0.15, 0.2) is 33.1 Å². The van der Waals surface area contributed by atoms with Gasteiger partial charge in [0.05, 0.1) is 21.6 Å². The van der Waals surface area contributed by atoms with Gasteiger partial charge < -0.3 is 9.57 Å². The second kappa shape index (κ2) is 9.54. The molecular formula is C19H20N6O5S2. The molecule has 1 saturated carbocycles. The summed E-state index contributed by atoms with van der Waals surface area (Å²) < 4.78 is 29.9. The number of nitrogens with one attached hydrogen (secondary N) is 2. The maximum absolute atomic E-state index is 12.9. The maximum Gasteiger partial charge on any atom is 0.280 e. The van der Waals surface area contributed by atoms with E-state index in [-0.39, 0.29) is 22.5 Å². The van der Waals surface area contributed by atoms with Crippen LogP contribution in [0.15, 0.2) is 46.8 Å². The van der Waals surface area contributed by atoms with E-state index in [4.69, 9.17) is 9.57 Å². The van der Waals surface area contributed by atoms with Gasteiger partial charge in [0.25, 0.3) is 5.91 Å². The summed E-state index contributed by atoms with van der Waals surface area (Å²) in [7, 11) is -1.77. The molecule has 0 aliphatic heterocycles. The third kappa shape index (κ3) is 5.18. The molecule has 1 aromatic carbocycles. The Labute approximate surface area is 187 Å². The van der Waals surface area contributed by atoms with Crippen molar-refractivity contribution in [2.45, 2.75) is 36.2 Å². The van der Waals surface area contributed by atoms with Crippen molar-refractivity contribution in [1.29, 1.82) is 0 Å². The molecule has 4 rings (SSSR count). The number of carbonyl (C=O) groups excluding carboxylic acids is 1. The normalized spacial score (nSPS) is 14.3. The molecule has 0 bridgehead atoms. The molecule has 3 aromatic rings. The predicted molar refractivity (Wildman–Crippen MR) is 116 cm³/mol. The number of H-pyrrole nitrogens is 1. The Kier molecular flexibility index (Phi) is 6.58. The number of sulfone groups is 1. The van der Waals surface area contributed by atoms with E-state index in [0.29, 0.717) is 36.0 Å². The topological polar surface area (TPSA) is 149 Å². The Morgan fingerprint density at radius 3 is 2.69 bits per heavy atom. The van der Waals surface area contributed by atoms with Gasteiger partial charge in [-0.1, -0.05) is 28.6 Å². The van der Waals surface area contributed by atoms with E-state index in [9.17, 15) is 13.2 Å². The first kappa shape index (κ1) is 22.0. The number of methoxy groups -OCH3 is 1. The van der Waals surface area contributed by atoms with Crippen LogP contribution in [-0.2, 0) is 37.4 Å². The van der Waals surface area contributed by atoms with Crippen molar-refractivity contribution in [3.63, 3.8) is 0 Å². The number of amides is 1. The SMILES string of the molecule is COCc1cnc(NC(=O)/C(=N/OCc2ncn[nH]2)c2ccc(S(=O)(=O)C3CC3)cc2)s1. The van der Waals surface area contributed by atoms with Gasteiger partial charge in [-0.3, -0.25) is 15.2 Å². The van der Waals surface area contributed by atoms with Crippen LogP contribution in [0.2, 0.25) is 0 Å². The number of hydrogen-bond acceptors (Lipinski definition) is 10. The molecule has 0 spiro atoms. The standard InChI is InChI=1S/C19H20N6O5S2/c1-29-9-13-8-20-19(31-13)23-18(26)17(25-30-10-16-21-11-22-24-16)12-2-4-14(5-3-12)32(27,28)15-6-7-15/h2-5,8,11,15H,6-7,9-10H2,1H3,(H,20,23,26)(H,21,22,24)/b25-17+. The molecule has 1 amide bonds. The minimum atomic E-state index is -3.34. The monoisotopic (exact) mass is 476 g/mol. The number of thiazole rings is 1. The number of rotatable bonds is 10. The van der Waals surface area contributed by atoms with Crippen LogP contribution in [0.5, 0.6) is 0 Å². The molecule has 1 aliphatic carbocycles. The maximum atomic E-state index is 12.9. The first-order valence-electron chi connectivity index (χ1n) is 9.61. The van der Waals surface area contributed by atoms with Gasteiger partial charge in [-0.25, -0.2) is 18.4 Å². The van der Waals surface area contributed by atoms with Crippen molar-refractivity contribution in [3.8, 4) is 0 Å². The Balaban J connectivity index is 1.55. The van der Waals surface area contributed by atoms with E-state index in [1.165, 1.54) is 41.9 Å². The molecule has 2 heterocycles. The van der Waals surface area contributed by atoms with E-state index in [0.717, 1.165) is 4.88 Å². The van der Waals surface area contributed by atoms with Gasteiger partial charge in [0.1, 0.15) is 6.33 Å². The van der Waals surface area contributed by atoms with E-state index in [1.807, 2.05) is 0 Å². The summed E-state index contributed by atoms with van der Waals surface area (Å²) in [5.41, 5.74) is 0.354. The molecule has 0 atom stereocenters. The summed E-state index contributed by atoms with van der Waals surface area (Å²) in [5, 5.41) is 13.1. The van der Waals surface area contributed by atoms with Crippen LogP contribution < -0.4 is 5.32 Å². The molecule has 0 radical (unpaired) electrons. The Bertz CT molecular complexity index is 1200. The van der Waals surface area contributed by atoms with Gasteiger partial charge in [-0.2, -0.15) is 5.10 Å². The number of ether oxygens (including phenoxy) is 1. The highest BCUT2D eigenvalue weighted by atomic mass is 32.2. The van der Waals surface area contributed by atoms with Gasteiger partial charge in [-0.05, 0) is 25.0 Å². The van der Waals surface area contributed by atoms with Crippen LogP contribution in [0, 0.1) is 0 Å². The molecule has 1 aliphatic rings. The third-order valence-corrected chi connectivity index (χ3v) is 7.68. The number of oxime groups is 1. The van der Waals surface area contributed by atoms with E-state index >= 15 is 0 Å². The first-order chi connectivity index (χ1) is 15.5. The number of aromatic amines is 1. The highest BCUT2D eigenvalue weighted by Gasteiger charge is 2.36. The lowest BCUT2D eigenvalue weighted by Crippen LogP contribution is -2.24. The van der Waals surface area contributed by atoms with Crippen LogP contribution in [0.1, 0.15) is 29.1 Å². The Morgan fingerprint density at radius 1 is 1.25 bits per heavy atom. The fourth-order valence-electron chi connectivity index (χ4n) is 2.79. The minimum absolute atomic E-state index is 0.0276. The van der Waals surface area contributed by atoms with Gasteiger partial charge in [0, 0.05) is 18.9 Å². The lowest BCUT2D eigenvalue weighted by molar-refractivity contribution is -0.110. The van der Waals surface area contributed by atoms with Crippen LogP contribution in [0.3, 0.4) is 0 Å². The average Bonchev–Trinajstić information content (AvgIpc) is 3.37. The summed E-state index contributed by atoms with van der Waals surface area (Å²) in [6.45, 7) is 0.353. The molecule has 0 unspecified atom stereocenters. The number of benzene rings is 1. The van der Waals surface area contributed by atoms with Crippen molar-refractivity contribution in [2.24, 2.45) is 5.16 Å². The third-order valence-electron chi connectivity index (χ3n) is 4.52. The van der Waals surface area contributed by atoms with E-state index < -0.39 is 15.7 Å². The molecule has 1 fully saturated rings. The number of carbonyl (C=O) groups is 1. The van der Waals surface area contributed by atoms with E-state index in [2.05, 4.69) is 30.6 Å². The van der Waals surface area contributed by atoms with Gasteiger partial charge in [-0.15, -0.1) is 0 Å². The predicted octanol–water partition coefficient (Wildman–Crippen LogP) is 1.90. The van der Waals surface area contributed by atoms with Crippen LogP contribution >= 0.6 is 11.3 Å². The van der Waals surface area contributed by atoms with E-state index in [1.54, 1.807) is 13.3 Å². The van der Waals surface area contributed by atoms with Crippen LogP contribution in [-0.4, -0.2) is 52.6 Å². The number of hydrogen-bond donors (Lipinski definition) is 2. The van der Waals surface area contributed by atoms with Crippen molar-refractivity contribution >= 4 is 37.9 Å². The van der Waals surface area contributed by atoms with Crippen molar-refractivity contribution in [1.82, 2.24) is 20.2 Å². The molecule has 13 heteroatoms. The summed E-state index contributed by atoms with van der Waals surface area (Å²) in [6.07, 6.45) is 4.29. The summed E-state index contributed by atoms with van der Waals surface area (Å²) in [6, 6.07) is 6.01. The number of nitrogens with zero attached hydrogens (tertiary/aromatic N) is 4. The zero-order chi connectivity index (χ0) is 22.6. The highest BCUT2D eigenvalue weighted by molar-refractivity contribution is 7.92. The minimum Gasteiger partial charge on any atom is -0.387 e. The second-order valence-corrected chi connectivity index (χ2v) is 10.3. The smallest absolute Gasteiger partial charge is 0.280 e. The molecule has 2 N–H and O–H groups in total. The fourth-order valence-corrected chi connectivity index (χ4v) is 5.22. The van der Waals surface area contributed by atoms with Crippen LogP contribution in [0.4, 0.5) is 5.13 Å². The molecule has 11 nitrogen and oxygen atoms in total. The van der Waals surface area contributed by atoms with Crippen LogP contribution in [0.25, 0.3) is 0 Å². The summed E-state index contributed by atoms with van der Waals surface area (Å²) >= 11 is 1.27. The van der Waals surface area contributed by atoms with Crippen molar-refractivity contribution < 1.29 is 22.8 Å². The summed E-state index contributed by atoms with van der Waals surface area (Å²) in [5.74, 6) is -0.123. The van der Waals surface area contributed by atoms with Gasteiger partial charge >= 0.3 is 0 Å². The number of aromatic nitrogens is 4. The Hall–Kier alpha value is -3.16. The molecule has 168 valence electrons. The summed E-state index contributed by atoms with van der Waals surface area (Å²) in [4.78, 5) is 27.4. The molecule has 2 aromatic heterocycles. The molecule has 0 saturated heterocycles. The van der Waals surface area contributed by atoms with Crippen molar-refractivity contribution in [2.75, 3.05) is 12.4 Å². The first-order valence-corrected chi connectivity index (χ1v) is 12.0. The second-order valence-electron chi connectivity index (χ2n) is 6.93. The molecule has 32 heavy (non-hydrogen) atoms. The lowest BCUT2D eigenvalue weighted by Gasteiger charge is -2.08. The molecular weight excluding hydrogens is 456 g/mol. The number of anilines is 1. The largest absolute Gasteiger partial charge is 0.387 e. The highest BCUT2D eigenvalue weighted by Crippen LogP contribution is 2.33.